The van der Waals surface area contributed by atoms with Crippen molar-refractivity contribution in [2.75, 3.05) is 13.2 Å². The first kappa shape index (κ1) is 10.0. The Morgan fingerprint density at radius 2 is 2.00 bits per heavy atom. The van der Waals surface area contributed by atoms with E-state index < -0.39 is 0 Å². The molecular weight excluding hydrogens is 152 g/mol. The SMILES string of the molecule is CCCCC(C)CC1OCCO1. The maximum absolute atomic E-state index is 5.38. The number of unbranched alkanes of at least 4 members (excludes halogenated alkanes) is 1. The summed E-state index contributed by atoms with van der Waals surface area (Å²) in [4.78, 5) is 0. The van der Waals surface area contributed by atoms with Gasteiger partial charge in [0.15, 0.2) is 6.29 Å². The monoisotopic (exact) mass is 172 g/mol. The zero-order chi connectivity index (χ0) is 8.81. The molecule has 72 valence electrons. The van der Waals surface area contributed by atoms with E-state index in [-0.39, 0.29) is 6.29 Å². The first-order valence-electron chi connectivity index (χ1n) is 5.06. The van der Waals surface area contributed by atoms with Gasteiger partial charge in [0, 0.05) is 6.42 Å². The predicted octanol–water partition coefficient (Wildman–Crippen LogP) is 2.58. The van der Waals surface area contributed by atoms with E-state index in [0.29, 0.717) is 0 Å². The van der Waals surface area contributed by atoms with Crippen LogP contribution in [0, 0.1) is 5.92 Å². The topological polar surface area (TPSA) is 18.5 Å². The van der Waals surface area contributed by atoms with Crippen LogP contribution in [0.3, 0.4) is 0 Å². The highest BCUT2D eigenvalue weighted by atomic mass is 16.7. The molecule has 0 bridgehead atoms. The Morgan fingerprint density at radius 1 is 1.33 bits per heavy atom. The van der Waals surface area contributed by atoms with E-state index in [0.717, 1.165) is 25.6 Å². The fraction of sp³-hybridized carbons (Fsp3) is 1.00. The molecule has 1 fully saturated rings. The lowest BCUT2D eigenvalue weighted by Crippen LogP contribution is -2.12. The fourth-order valence-corrected chi connectivity index (χ4v) is 1.54. The maximum atomic E-state index is 5.38. The van der Waals surface area contributed by atoms with Gasteiger partial charge >= 0.3 is 0 Å². The van der Waals surface area contributed by atoms with E-state index in [1.807, 2.05) is 0 Å². The molecule has 1 aliphatic heterocycles. The van der Waals surface area contributed by atoms with Gasteiger partial charge in [-0.05, 0) is 5.92 Å². The van der Waals surface area contributed by atoms with Gasteiger partial charge in [-0.2, -0.15) is 0 Å². The number of hydrogen-bond donors (Lipinski definition) is 0. The third kappa shape index (κ3) is 3.55. The largest absolute Gasteiger partial charge is 0.350 e. The maximum Gasteiger partial charge on any atom is 0.158 e. The minimum Gasteiger partial charge on any atom is -0.350 e. The molecule has 2 nitrogen and oxygen atoms in total. The molecule has 1 unspecified atom stereocenters. The van der Waals surface area contributed by atoms with Crippen molar-refractivity contribution in [3.8, 4) is 0 Å². The zero-order valence-electron chi connectivity index (χ0n) is 8.21. The summed E-state index contributed by atoms with van der Waals surface area (Å²) < 4.78 is 10.8. The second-order valence-corrected chi connectivity index (χ2v) is 3.65. The van der Waals surface area contributed by atoms with Crippen LogP contribution >= 0.6 is 0 Å². The van der Waals surface area contributed by atoms with Gasteiger partial charge in [0.2, 0.25) is 0 Å². The highest BCUT2D eigenvalue weighted by molar-refractivity contribution is 4.59. The van der Waals surface area contributed by atoms with Gasteiger partial charge in [-0.3, -0.25) is 0 Å². The van der Waals surface area contributed by atoms with Crippen molar-refractivity contribution in [1.82, 2.24) is 0 Å². The molecule has 0 aromatic carbocycles. The van der Waals surface area contributed by atoms with Crippen molar-refractivity contribution in [2.45, 2.75) is 45.8 Å². The van der Waals surface area contributed by atoms with Gasteiger partial charge in [0.1, 0.15) is 0 Å². The fourth-order valence-electron chi connectivity index (χ4n) is 1.54. The summed E-state index contributed by atoms with van der Waals surface area (Å²) in [5.74, 6) is 0.744. The highest BCUT2D eigenvalue weighted by Crippen LogP contribution is 2.18. The molecule has 1 saturated heterocycles. The molecule has 0 N–H and O–H groups in total. The minimum absolute atomic E-state index is 0.0943. The van der Waals surface area contributed by atoms with Crippen molar-refractivity contribution in [3.05, 3.63) is 0 Å². The van der Waals surface area contributed by atoms with E-state index >= 15 is 0 Å². The van der Waals surface area contributed by atoms with Gasteiger partial charge in [0.25, 0.3) is 0 Å². The van der Waals surface area contributed by atoms with Crippen LogP contribution in [0.2, 0.25) is 0 Å². The number of rotatable bonds is 5. The average molecular weight is 172 g/mol. The van der Waals surface area contributed by atoms with Crippen LogP contribution in [0.25, 0.3) is 0 Å². The van der Waals surface area contributed by atoms with E-state index in [4.69, 9.17) is 9.47 Å². The first-order valence-corrected chi connectivity index (χ1v) is 5.06. The summed E-state index contributed by atoms with van der Waals surface area (Å²) >= 11 is 0. The zero-order valence-corrected chi connectivity index (χ0v) is 8.21. The van der Waals surface area contributed by atoms with Crippen molar-refractivity contribution < 1.29 is 9.47 Å². The van der Waals surface area contributed by atoms with Crippen LogP contribution in [0.4, 0.5) is 0 Å². The summed E-state index contributed by atoms with van der Waals surface area (Å²) in [6.45, 7) is 6.08. The lowest BCUT2D eigenvalue weighted by molar-refractivity contribution is -0.0561. The van der Waals surface area contributed by atoms with Gasteiger partial charge in [-0.15, -0.1) is 0 Å². The second-order valence-electron chi connectivity index (χ2n) is 3.65. The molecule has 0 aromatic heterocycles. The van der Waals surface area contributed by atoms with Crippen LogP contribution in [-0.4, -0.2) is 19.5 Å². The molecule has 0 saturated carbocycles. The van der Waals surface area contributed by atoms with Crippen LogP contribution in [0.15, 0.2) is 0 Å². The third-order valence-corrected chi connectivity index (χ3v) is 2.34. The first-order chi connectivity index (χ1) is 5.83. The van der Waals surface area contributed by atoms with E-state index in [1.54, 1.807) is 0 Å². The molecule has 1 atom stereocenters. The van der Waals surface area contributed by atoms with Crippen molar-refractivity contribution in [3.63, 3.8) is 0 Å². The van der Waals surface area contributed by atoms with Crippen molar-refractivity contribution in [2.24, 2.45) is 5.92 Å². The second kappa shape index (κ2) is 5.55. The van der Waals surface area contributed by atoms with Crippen LogP contribution < -0.4 is 0 Å². The van der Waals surface area contributed by atoms with Gasteiger partial charge in [0.05, 0.1) is 13.2 Å². The summed E-state index contributed by atoms with van der Waals surface area (Å²) in [5, 5.41) is 0. The average Bonchev–Trinajstić information content (AvgIpc) is 2.53. The van der Waals surface area contributed by atoms with Gasteiger partial charge in [-0.1, -0.05) is 33.1 Å². The molecular formula is C10H20O2. The summed E-state index contributed by atoms with van der Waals surface area (Å²) in [7, 11) is 0. The Hall–Kier alpha value is -0.0800. The molecule has 0 aromatic rings. The predicted molar refractivity (Wildman–Crippen MR) is 49.0 cm³/mol. The highest BCUT2D eigenvalue weighted by Gasteiger charge is 2.18. The lowest BCUT2D eigenvalue weighted by atomic mass is 10.0. The summed E-state index contributed by atoms with van der Waals surface area (Å²) in [6.07, 6.45) is 5.08. The van der Waals surface area contributed by atoms with E-state index in [2.05, 4.69) is 13.8 Å². The molecule has 1 aliphatic rings. The molecule has 12 heavy (non-hydrogen) atoms. The van der Waals surface area contributed by atoms with Crippen LogP contribution in [-0.2, 0) is 9.47 Å². The Kier molecular flexibility index (Phi) is 4.62. The molecule has 0 amide bonds. The van der Waals surface area contributed by atoms with Gasteiger partial charge < -0.3 is 9.47 Å². The third-order valence-electron chi connectivity index (χ3n) is 2.34. The molecule has 0 aliphatic carbocycles. The smallest absolute Gasteiger partial charge is 0.158 e. The normalized spacial score (nSPS) is 21.5. The molecule has 2 heteroatoms. The Labute approximate surface area is 75.2 Å². The van der Waals surface area contributed by atoms with Crippen LogP contribution in [0.1, 0.15) is 39.5 Å². The Bertz CT molecular complexity index is 108. The minimum atomic E-state index is 0.0943. The molecule has 1 heterocycles. The van der Waals surface area contributed by atoms with Crippen LogP contribution in [0.5, 0.6) is 0 Å². The quantitative estimate of drug-likeness (QED) is 0.634. The molecule has 0 radical (unpaired) electrons. The van der Waals surface area contributed by atoms with E-state index in [9.17, 15) is 0 Å². The van der Waals surface area contributed by atoms with Gasteiger partial charge in [-0.25, -0.2) is 0 Å². The molecule has 0 spiro atoms. The number of ether oxygens (including phenoxy) is 2. The number of hydrogen-bond acceptors (Lipinski definition) is 2. The Balaban J connectivity index is 2.03. The summed E-state index contributed by atoms with van der Waals surface area (Å²) in [5.41, 5.74) is 0. The van der Waals surface area contributed by atoms with Crippen molar-refractivity contribution >= 4 is 0 Å². The standard InChI is InChI=1S/C10H20O2/c1-3-4-5-9(2)8-10-11-6-7-12-10/h9-10H,3-8H2,1-2H3. The lowest BCUT2D eigenvalue weighted by Gasteiger charge is -2.14. The molecule has 1 rings (SSSR count). The van der Waals surface area contributed by atoms with E-state index in [1.165, 1.54) is 19.3 Å². The Morgan fingerprint density at radius 3 is 2.58 bits per heavy atom. The van der Waals surface area contributed by atoms with Crippen molar-refractivity contribution in [1.29, 1.82) is 0 Å². The summed E-state index contributed by atoms with van der Waals surface area (Å²) in [6, 6.07) is 0.